The maximum Gasteiger partial charge on any atom is 0.307 e. The number of carbonyl (C=O) groups excluding carboxylic acids is 1. The van der Waals surface area contributed by atoms with Gasteiger partial charge >= 0.3 is 5.97 Å². The van der Waals surface area contributed by atoms with Crippen LogP contribution in [0.1, 0.15) is 24.5 Å². The lowest BCUT2D eigenvalue weighted by Gasteiger charge is -2.39. The summed E-state index contributed by atoms with van der Waals surface area (Å²) in [6.07, 6.45) is 0.818. The van der Waals surface area contributed by atoms with Crippen molar-refractivity contribution in [1.82, 2.24) is 4.90 Å². The van der Waals surface area contributed by atoms with Gasteiger partial charge in [-0.25, -0.2) is 4.39 Å². The number of halogens is 1. The van der Waals surface area contributed by atoms with Gasteiger partial charge in [0.15, 0.2) is 0 Å². The van der Waals surface area contributed by atoms with Gasteiger partial charge < -0.3 is 14.7 Å². The van der Waals surface area contributed by atoms with Crippen LogP contribution in [0.15, 0.2) is 24.3 Å². The van der Waals surface area contributed by atoms with Gasteiger partial charge in [-0.3, -0.25) is 9.59 Å². The van der Waals surface area contributed by atoms with Crippen LogP contribution in [0.3, 0.4) is 0 Å². The first kappa shape index (κ1) is 15.0. The first-order valence-electron chi connectivity index (χ1n) is 7.45. The Bertz CT molecular complexity index is 591. The van der Waals surface area contributed by atoms with Crippen LogP contribution >= 0.6 is 0 Å². The molecule has 1 aromatic carbocycles. The van der Waals surface area contributed by atoms with Crippen molar-refractivity contribution in [3.05, 3.63) is 35.6 Å². The van der Waals surface area contributed by atoms with Crippen molar-refractivity contribution in [2.24, 2.45) is 11.8 Å². The summed E-state index contributed by atoms with van der Waals surface area (Å²) in [5.41, 5.74) is 0.695. The van der Waals surface area contributed by atoms with Crippen molar-refractivity contribution in [3.8, 4) is 0 Å². The van der Waals surface area contributed by atoms with Crippen LogP contribution in [0.25, 0.3) is 0 Å². The number of rotatable bonds is 3. The molecule has 1 N–H and O–H groups in total. The molecule has 1 aromatic rings. The average molecular weight is 307 g/mol. The van der Waals surface area contributed by atoms with Gasteiger partial charge in [0.05, 0.1) is 25.0 Å². The zero-order chi connectivity index (χ0) is 15.7. The lowest BCUT2D eigenvalue weighted by molar-refractivity contribution is -0.160. The van der Waals surface area contributed by atoms with Crippen LogP contribution in [0, 0.1) is 17.7 Å². The van der Waals surface area contributed by atoms with Gasteiger partial charge in [-0.05, 0) is 30.5 Å². The smallest absolute Gasteiger partial charge is 0.307 e. The molecule has 0 bridgehead atoms. The van der Waals surface area contributed by atoms with E-state index in [-0.39, 0.29) is 17.8 Å². The Hall–Kier alpha value is -1.95. The number of hydrogen-bond acceptors (Lipinski definition) is 3. The van der Waals surface area contributed by atoms with Crippen molar-refractivity contribution in [2.75, 3.05) is 19.7 Å². The number of carbonyl (C=O) groups is 2. The number of hydrogen-bond donors (Lipinski definition) is 1. The summed E-state index contributed by atoms with van der Waals surface area (Å²) in [7, 11) is 0. The molecule has 1 aliphatic carbocycles. The lowest BCUT2D eigenvalue weighted by Crippen LogP contribution is -2.50. The molecule has 1 amide bonds. The Morgan fingerprint density at radius 3 is 2.68 bits per heavy atom. The van der Waals surface area contributed by atoms with E-state index >= 15 is 0 Å². The lowest BCUT2D eigenvalue weighted by atomic mass is 9.73. The van der Waals surface area contributed by atoms with Gasteiger partial charge in [-0.1, -0.05) is 12.1 Å². The average Bonchev–Trinajstić information content (AvgIpc) is 2.45. The van der Waals surface area contributed by atoms with Crippen LogP contribution in [0.5, 0.6) is 0 Å². The highest BCUT2D eigenvalue weighted by Gasteiger charge is 2.44. The Morgan fingerprint density at radius 2 is 2.05 bits per heavy atom. The fraction of sp³-hybridized carbons (Fsp3) is 0.500. The minimum Gasteiger partial charge on any atom is -0.481 e. The van der Waals surface area contributed by atoms with Gasteiger partial charge in [-0.15, -0.1) is 0 Å². The minimum absolute atomic E-state index is 0.122. The molecule has 6 heteroatoms. The minimum atomic E-state index is -0.903. The fourth-order valence-corrected chi connectivity index (χ4v) is 3.08. The van der Waals surface area contributed by atoms with E-state index in [1.807, 2.05) is 0 Å². The molecule has 3 rings (SSSR count). The fourth-order valence-electron chi connectivity index (χ4n) is 3.08. The van der Waals surface area contributed by atoms with E-state index in [2.05, 4.69) is 0 Å². The SMILES string of the molecule is O=C(O)C1CCC1C(=O)N1CCOC(c2cccc(F)c2)C1. The van der Waals surface area contributed by atoms with E-state index in [4.69, 9.17) is 9.84 Å². The number of benzene rings is 1. The second-order valence-corrected chi connectivity index (χ2v) is 5.83. The largest absolute Gasteiger partial charge is 0.481 e. The molecule has 1 saturated carbocycles. The van der Waals surface area contributed by atoms with Gasteiger partial charge in [0, 0.05) is 6.54 Å². The standard InChI is InChI=1S/C16H18FNO4/c17-11-3-1-2-10(8-11)14-9-18(6-7-22-14)15(19)12-4-5-13(12)16(20)21/h1-3,8,12-14H,4-7,9H2,(H,20,21). The molecule has 2 aliphatic rings. The maximum absolute atomic E-state index is 13.3. The molecule has 22 heavy (non-hydrogen) atoms. The third kappa shape index (κ3) is 2.83. The molecule has 1 heterocycles. The summed E-state index contributed by atoms with van der Waals surface area (Å²) < 4.78 is 18.9. The van der Waals surface area contributed by atoms with Crippen LogP contribution in [-0.2, 0) is 14.3 Å². The number of aliphatic carboxylic acids is 1. The molecule has 0 spiro atoms. The number of carboxylic acids is 1. The zero-order valence-corrected chi connectivity index (χ0v) is 12.1. The summed E-state index contributed by atoms with van der Waals surface area (Å²) in [6, 6.07) is 6.15. The van der Waals surface area contributed by atoms with E-state index in [9.17, 15) is 14.0 Å². The van der Waals surface area contributed by atoms with Crippen molar-refractivity contribution < 1.29 is 23.8 Å². The number of nitrogens with zero attached hydrogens (tertiary/aromatic N) is 1. The summed E-state index contributed by atoms with van der Waals surface area (Å²) in [6.45, 7) is 1.16. The molecule has 1 saturated heterocycles. The Balaban J connectivity index is 1.68. The Kier molecular flexibility index (Phi) is 4.11. The highest BCUT2D eigenvalue weighted by Crippen LogP contribution is 2.36. The molecule has 2 fully saturated rings. The van der Waals surface area contributed by atoms with Crippen LogP contribution in [0.4, 0.5) is 4.39 Å². The van der Waals surface area contributed by atoms with E-state index in [0.717, 1.165) is 0 Å². The molecule has 0 aromatic heterocycles. The second-order valence-electron chi connectivity index (χ2n) is 5.83. The van der Waals surface area contributed by atoms with Gasteiger partial charge in [0.25, 0.3) is 0 Å². The van der Waals surface area contributed by atoms with Crippen molar-refractivity contribution in [1.29, 1.82) is 0 Å². The van der Waals surface area contributed by atoms with Crippen molar-refractivity contribution in [2.45, 2.75) is 18.9 Å². The van der Waals surface area contributed by atoms with Crippen LogP contribution < -0.4 is 0 Å². The molecule has 118 valence electrons. The van der Waals surface area contributed by atoms with E-state index in [1.165, 1.54) is 12.1 Å². The summed E-state index contributed by atoms with van der Waals surface area (Å²) in [5.74, 6) is -2.36. The monoisotopic (exact) mass is 307 g/mol. The number of ether oxygens (including phenoxy) is 1. The predicted molar refractivity (Wildman–Crippen MR) is 75.5 cm³/mol. The normalized spacial score (nSPS) is 28.0. The number of morpholine rings is 1. The third-order valence-corrected chi connectivity index (χ3v) is 4.51. The molecular weight excluding hydrogens is 289 g/mol. The van der Waals surface area contributed by atoms with Crippen molar-refractivity contribution in [3.63, 3.8) is 0 Å². The molecule has 5 nitrogen and oxygen atoms in total. The molecule has 3 atom stereocenters. The molecular formula is C16H18FNO4. The van der Waals surface area contributed by atoms with Gasteiger partial charge in [0.1, 0.15) is 11.9 Å². The van der Waals surface area contributed by atoms with Gasteiger partial charge in [-0.2, -0.15) is 0 Å². The van der Waals surface area contributed by atoms with Crippen molar-refractivity contribution >= 4 is 11.9 Å². The molecule has 0 radical (unpaired) electrons. The Morgan fingerprint density at radius 1 is 1.27 bits per heavy atom. The molecule has 3 unspecified atom stereocenters. The van der Waals surface area contributed by atoms with E-state index < -0.39 is 17.8 Å². The Labute approximate surface area is 127 Å². The summed E-state index contributed by atoms with van der Waals surface area (Å²) >= 11 is 0. The van der Waals surface area contributed by atoms with Crippen LogP contribution in [-0.4, -0.2) is 41.6 Å². The van der Waals surface area contributed by atoms with E-state index in [0.29, 0.717) is 38.1 Å². The quantitative estimate of drug-likeness (QED) is 0.925. The summed E-state index contributed by atoms with van der Waals surface area (Å²) in [4.78, 5) is 25.2. The predicted octanol–water partition coefficient (Wildman–Crippen LogP) is 1.84. The van der Waals surface area contributed by atoms with Crippen LogP contribution in [0.2, 0.25) is 0 Å². The maximum atomic E-state index is 13.3. The first-order chi connectivity index (χ1) is 10.6. The first-order valence-corrected chi connectivity index (χ1v) is 7.45. The zero-order valence-electron chi connectivity index (χ0n) is 12.1. The molecule has 1 aliphatic heterocycles. The van der Waals surface area contributed by atoms with Gasteiger partial charge in [0.2, 0.25) is 5.91 Å². The topological polar surface area (TPSA) is 66.8 Å². The highest BCUT2D eigenvalue weighted by atomic mass is 19.1. The second kappa shape index (κ2) is 6.04. The number of carboxylic acid groups (broad SMARTS) is 1. The summed E-state index contributed by atoms with van der Waals surface area (Å²) in [5, 5.41) is 9.07. The van der Waals surface area contributed by atoms with E-state index in [1.54, 1.807) is 17.0 Å². The third-order valence-electron chi connectivity index (χ3n) is 4.51. The highest BCUT2D eigenvalue weighted by molar-refractivity contribution is 5.86. The number of amides is 1.